The largest absolute Gasteiger partial charge is 0.176 e. The highest BCUT2D eigenvalue weighted by molar-refractivity contribution is 6.30. The second-order valence-corrected chi connectivity index (χ2v) is 5.81. The third-order valence-electron chi connectivity index (χ3n) is 4.00. The average molecular weight is 281 g/mol. The minimum Gasteiger partial charge on any atom is -0.176 e. The fourth-order valence-corrected chi connectivity index (χ4v) is 3.15. The molecule has 0 aromatic heterocycles. The Bertz CT molecular complexity index is 757. The van der Waals surface area contributed by atoms with Gasteiger partial charge in [-0.05, 0) is 42.2 Å². The molecule has 1 atom stereocenters. The SMILES string of the molecule is Cc1ccc2c(c1)CC1=C(c3ccc(Cl)cc3)N=NC12. The van der Waals surface area contributed by atoms with Gasteiger partial charge in [-0.25, -0.2) is 0 Å². The first kappa shape index (κ1) is 11.9. The maximum Gasteiger partial charge on any atom is 0.120 e. The van der Waals surface area contributed by atoms with Gasteiger partial charge in [0.05, 0.1) is 5.70 Å². The summed E-state index contributed by atoms with van der Waals surface area (Å²) < 4.78 is 0. The van der Waals surface area contributed by atoms with Crippen molar-refractivity contribution < 1.29 is 0 Å². The molecule has 0 fully saturated rings. The standard InChI is InChI=1S/C17H13ClN2/c1-10-2-7-14-12(8-10)9-15-16(19-20-17(14)15)11-3-5-13(18)6-4-11/h2-8,17H,9H2,1H3. The van der Waals surface area contributed by atoms with Crippen LogP contribution in [0.3, 0.4) is 0 Å². The van der Waals surface area contributed by atoms with Crippen molar-refractivity contribution in [1.29, 1.82) is 0 Å². The first-order chi connectivity index (χ1) is 9.72. The first-order valence-electron chi connectivity index (χ1n) is 6.71. The molecule has 1 heterocycles. The molecule has 2 aromatic carbocycles. The molecule has 1 aliphatic carbocycles. The van der Waals surface area contributed by atoms with Crippen LogP contribution in [0.5, 0.6) is 0 Å². The summed E-state index contributed by atoms with van der Waals surface area (Å²) in [4.78, 5) is 0. The van der Waals surface area contributed by atoms with E-state index in [1.54, 1.807) is 0 Å². The molecule has 0 radical (unpaired) electrons. The number of azo groups is 1. The quantitative estimate of drug-likeness (QED) is 0.692. The Balaban J connectivity index is 1.81. The maximum absolute atomic E-state index is 5.95. The van der Waals surface area contributed by atoms with Gasteiger partial charge in [-0.2, -0.15) is 10.2 Å². The number of halogens is 1. The second-order valence-electron chi connectivity index (χ2n) is 5.38. The minimum atomic E-state index is 0.122. The molecule has 0 amide bonds. The summed E-state index contributed by atoms with van der Waals surface area (Å²) in [5, 5.41) is 9.62. The Morgan fingerprint density at radius 1 is 1.10 bits per heavy atom. The van der Waals surface area contributed by atoms with Gasteiger partial charge in [0.2, 0.25) is 0 Å². The molecular weight excluding hydrogens is 268 g/mol. The van der Waals surface area contributed by atoms with Gasteiger partial charge in [0.25, 0.3) is 0 Å². The third-order valence-corrected chi connectivity index (χ3v) is 4.25. The number of aryl methyl sites for hydroxylation is 1. The zero-order valence-electron chi connectivity index (χ0n) is 11.1. The summed E-state index contributed by atoms with van der Waals surface area (Å²) in [7, 11) is 0. The Hall–Kier alpha value is -1.93. The molecule has 2 aromatic rings. The number of benzene rings is 2. The van der Waals surface area contributed by atoms with E-state index in [1.165, 1.54) is 22.3 Å². The predicted octanol–water partition coefficient (Wildman–Crippen LogP) is 5.12. The van der Waals surface area contributed by atoms with Crippen LogP contribution >= 0.6 is 11.6 Å². The normalized spacial score (nSPS) is 19.4. The molecule has 3 heteroatoms. The highest BCUT2D eigenvalue weighted by Gasteiger charge is 2.33. The van der Waals surface area contributed by atoms with Crippen LogP contribution in [0.4, 0.5) is 0 Å². The fraction of sp³-hybridized carbons (Fsp3) is 0.176. The molecule has 0 bridgehead atoms. The summed E-state index contributed by atoms with van der Waals surface area (Å²) in [5.41, 5.74) is 7.41. The van der Waals surface area contributed by atoms with Crippen LogP contribution in [0.1, 0.15) is 28.3 Å². The van der Waals surface area contributed by atoms with Crippen molar-refractivity contribution in [1.82, 2.24) is 0 Å². The van der Waals surface area contributed by atoms with Crippen molar-refractivity contribution in [2.24, 2.45) is 10.2 Å². The predicted molar refractivity (Wildman–Crippen MR) is 80.9 cm³/mol. The second kappa shape index (κ2) is 4.29. The first-order valence-corrected chi connectivity index (χ1v) is 7.09. The summed E-state index contributed by atoms with van der Waals surface area (Å²) in [6.45, 7) is 2.13. The molecule has 0 N–H and O–H groups in total. The lowest BCUT2D eigenvalue weighted by atomic mass is 10.0. The molecule has 0 saturated carbocycles. The lowest BCUT2D eigenvalue weighted by Crippen LogP contribution is -1.89. The molecule has 1 unspecified atom stereocenters. The molecule has 20 heavy (non-hydrogen) atoms. The van der Waals surface area contributed by atoms with E-state index in [0.29, 0.717) is 0 Å². The van der Waals surface area contributed by atoms with Crippen LogP contribution in [-0.2, 0) is 6.42 Å². The zero-order valence-corrected chi connectivity index (χ0v) is 11.9. The highest BCUT2D eigenvalue weighted by Crippen LogP contribution is 2.47. The molecule has 1 aliphatic heterocycles. The fourth-order valence-electron chi connectivity index (χ4n) is 3.02. The van der Waals surface area contributed by atoms with E-state index in [2.05, 4.69) is 35.4 Å². The Morgan fingerprint density at radius 2 is 1.90 bits per heavy atom. The van der Waals surface area contributed by atoms with Crippen molar-refractivity contribution in [2.75, 3.05) is 0 Å². The van der Waals surface area contributed by atoms with Crippen LogP contribution < -0.4 is 0 Å². The molecular formula is C17H13ClN2. The molecule has 0 spiro atoms. The van der Waals surface area contributed by atoms with Crippen LogP contribution in [0.2, 0.25) is 5.02 Å². The number of nitrogens with zero attached hydrogens (tertiary/aromatic N) is 2. The van der Waals surface area contributed by atoms with E-state index in [-0.39, 0.29) is 6.04 Å². The maximum atomic E-state index is 5.95. The number of hydrogen-bond donors (Lipinski definition) is 0. The van der Waals surface area contributed by atoms with E-state index in [0.717, 1.165) is 22.7 Å². The molecule has 2 aliphatic rings. The molecule has 4 rings (SSSR count). The smallest absolute Gasteiger partial charge is 0.120 e. The Morgan fingerprint density at radius 3 is 2.70 bits per heavy atom. The van der Waals surface area contributed by atoms with Crippen LogP contribution in [0.25, 0.3) is 5.70 Å². The van der Waals surface area contributed by atoms with Gasteiger partial charge >= 0.3 is 0 Å². The monoisotopic (exact) mass is 280 g/mol. The van der Waals surface area contributed by atoms with Crippen LogP contribution in [-0.4, -0.2) is 0 Å². The third kappa shape index (κ3) is 1.72. The highest BCUT2D eigenvalue weighted by atomic mass is 35.5. The van der Waals surface area contributed by atoms with Gasteiger partial charge in [-0.3, -0.25) is 0 Å². The lowest BCUT2D eigenvalue weighted by molar-refractivity contribution is 0.861. The van der Waals surface area contributed by atoms with E-state index in [1.807, 2.05) is 24.3 Å². The lowest BCUT2D eigenvalue weighted by Gasteiger charge is -2.03. The van der Waals surface area contributed by atoms with Gasteiger partial charge in [-0.15, -0.1) is 0 Å². The topological polar surface area (TPSA) is 24.7 Å². The van der Waals surface area contributed by atoms with Crippen molar-refractivity contribution in [3.8, 4) is 0 Å². The molecule has 2 nitrogen and oxygen atoms in total. The Kier molecular flexibility index (Phi) is 2.54. The van der Waals surface area contributed by atoms with Gasteiger partial charge in [-0.1, -0.05) is 47.5 Å². The van der Waals surface area contributed by atoms with Crippen molar-refractivity contribution in [2.45, 2.75) is 19.4 Å². The summed E-state index contributed by atoms with van der Waals surface area (Å²) in [6.07, 6.45) is 0.951. The molecule has 0 saturated heterocycles. The van der Waals surface area contributed by atoms with E-state index in [4.69, 9.17) is 11.6 Å². The minimum absolute atomic E-state index is 0.122. The van der Waals surface area contributed by atoms with Crippen LogP contribution in [0, 0.1) is 6.92 Å². The summed E-state index contributed by atoms with van der Waals surface area (Å²) in [6, 6.07) is 14.6. The zero-order chi connectivity index (χ0) is 13.7. The van der Waals surface area contributed by atoms with Crippen molar-refractivity contribution in [3.63, 3.8) is 0 Å². The van der Waals surface area contributed by atoms with E-state index in [9.17, 15) is 0 Å². The number of fused-ring (bicyclic) bond motifs is 3. The van der Waals surface area contributed by atoms with Gasteiger partial charge in [0, 0.05) is 10.6 Å². The average Bonchev–Trinajstić information content (AvgIpc) is 2.98. The Labute approximate surface area is 122 Å². The molecule has 98 valence electrons. The van der Waals surface area contributed by atoms with Gasteiger partial charge < -0.3 is 0 Å². The van der Waals surface area contributed by atoms with Crippen LogP contribution in [0.15, 0.2) is 58.3 Å². The van der Waals surface area contributed by atoms with Gasteiger partial charge in [0.15, 0.2) is 0 Å². The van der Waals surface area contributed by atoms with Crippen molar-refractivity contribution in [3.05, 3.63) is 75.3 Å². The van der Waals surface area contributed by atoms with Crippen molar-refractivity contribution >= 4 is 17.3 Å². The number of rotatable bonds is 1. The summed E-state index contributed by atoms with van der Waals surface area (Å²) in [5.74, 6) is 0. The summed E-state index contributed by atoms with van der Waals surface area (Å²) >= 11 is 5.95. The van der Waals surface area contributed by atoms with E-state index >= 15 is 0 Å². The van der Waals surface area contributed by atoms with E-state index < -0.39 is 0 Å². The van der Waals surface area contributed by atoms with Gasteiger partial charge in [0.1, 0.15) is 6.04 Å². The number of hydrogen-bond acceptors (Lipinski definition) is 2.